The van der Waals surface area contributed by atoms with Crippen molar-refractivity contribution in [2.24, 2.45) is 0 Å². The van der Waals surface area contributed by atoms with Gasteiger partial charge in [-0.25, -0.2) is 16.8 Å². The van der Waals surface area contributed by atoms with Gasteiger partial charge in [-0.2, -0.15) is 0 Å². The van der Waals surface area contributed by atoms with Gasteiger partial charge in [-0.1, -0.05) is 42.5 Å². The predicted octanol–water partition coefficient (Wildman–Crippen LogP) is 3.50. The summed E-state index contributed by atoms with van der Waals surface area (Å²) >= 11 is 0. The zero-order chi connectivity index (χ0) is 21.4. The van der Waals surface area contributed by atoms with Crippen LogP contribution in [0, 0.1) is 0 Å². The fourth-order valence-corrected chi connectivity index (χ4v) is 4.53. The minimum Gasteiger partial charge on any atom is -0.280 e. The molecule has 1 N–H and O–H groups in total. The van der Waals surface area contributed by atoms with E-state index in [2.05, 4.69) is 14.9 Å². The fraction of sp³-hybridized carbons (Fsp3) is 0.0476. The van der Waals surface area contributed by atoms with Gasteiger partial charge in [-0.05, 0) is 47.2 Å². The molecule has 152 valence electrons. The Hall–Kier alpha value is -3.30. The van der Waals surface area contributed by atoms with Gasteiger partial charge in [0.2, 0.25) is 0 Å². The van der Waals surface area contributed by atoms with Crippen molar-refractivity contribution in [3.63, 3.8) is 0 Å². The molecule has 0 unspecified atom stereocenters. The Bertz CT molecular complexity index is 1430. The molecule has 0 aliphatic heterocycles. The first-order valence-electron chi connectivity index (χ1n) is 8.88. The van der Waals surface area contributed by atoms with E-state index in [1.807, 2.05) is 24.3 Å². The lowest BCUT2D eigenvalue weighted by molar-refractivity contribution is 0.595. The zero-order valence-electron chi connectivity index (χ0n) is 15.8. The quantitative estimate of drug-likeness (QED) is 0.510. The molecule has 7 nitrogen and oxygen atoms in total. The highest BCUT2D eigenvalue weighted by atomic mass is 32.2. The molecule has 0 spiro atoms. The molecule has 0 bridgehead atoms. The van der Waals surface area contributed by atoms with Crippen molar-refractivity contribution in [1.82, 2.24) is 10.2 Å². The number of fused-ring (bicyclic) bond motifs is 1. The number of hydrogen-bond acceptors (Lipinski definition) is 6. The third-order valence-electron chi connectivity index (χ3n) is 4.48. The summed E-state index contributed by atoms with van der Waals surface area (Å²) in [5.41, 5.74) is 1.55. The normalized spacial score (nSPS) is 12.0. The van der Waals surface area contributed by atoms with Crippen molar-refractivity contribution < 1.29 is 16.8 Å². The number of anilines is 1. The average Bonchev–Trinajstić information content (AvgIpc) is 2.73. The Morgan fingerprint density at radius 1 is 0.733 bits per heavy atom. The number of benzene rings is 3. The van der Waals surface area contributed by atoms with Crippen LogP contribution in [0.15, 0.2) is 88.8 Å². The summed E-state index contributed by atoms with van der Waals surface area (Å²) in [5, 5.41) is 9.35. The van der Waals surface area contributed by atoms with Crippen molar-refractivity contribution in [2.45, 2.75) is 9.92 Å². The number of aromatic nitrogens is 2. The van der Waals surface area contributed by atoms with Crippen LogP contribution < -0.4 is 4.72 Å². The summed E-state index contributed by atoms with van der Waals surface area (Å²) in [5.74, 6) is 0. The second kappa shape index (κ2) is 7.51. The van der Waals surface area contributed by atoms with E-state index in [1.165, 1.54) is 6.07 Å². The molecule has 0 amide bonds. The van der Waals surface area contributed by atoms with Crippen molar-refractivity contribution in [1.29, 1.82) is 0 Å². The molecule has 1 heterocycles. The van der Waals surface area contributed by atoms with Gasteiger partial charge in [0.05, 0.1) is 10.6 Å². The molecule has 0 saturated carbocycles. The molecule has 0 aliphatic carbocycles. The summed E-state index contributed by atoms with van der Waals surface area (Å²) in [7, 11) is -7.17. The SMILES string of the molecule is CS(=O)(=O)c1ccc(-c2ccc(NS(=O)(=O)c3ccc4ccccc4c3)cc2)nn1. The summed E-state index contributed by atoms with van der Waals surface area (Å²) in [4.78, 5) is 0.174. The number of nitrogens with zero attached hydrogens (tertiary/aromatic N) is 2. The van der Waals surface area contributed by atoms with Crippen LogP contribution in [0.2, 0.25) is 0 Å². The first-order chi connectivity index (χ1) is 14.2. The van der Waals surface area contributed by atoms with Crippen LogP contribution in [0.4, 0.5) is 5.69 Å². The number of sulfonamides is 1. The average molecular weight is 440 g/mol. The number of sulfone groups is 1. The lowest BCUT2D eigenvalue weighted by atomic mass is 10.1. The maximum atomic E-state index is 12.7. The summed E-state index contributed by atoms with van der Waals surface area (Å²) < 4.78 is 51.0. The Labute approximate surface area is 174 Å². The van der Waals surface area contributed by atoms with Gasteiger partial charge in [0.25, 0.3) is 10.0 Å². The highest BCUT2D eigenvalue weighted by molar-refractivity contribution is 7.92. The van der Waals surface area contributed by atoms with Crippen LogP contribution >= 0.6 is 0 Å². The Balaban J connectivity index is 1.56. The molecule has 0 fully saturated rings. The van der Waals surface area contributed by atoms with Crippen LogP contribution in [0.1, 0.15) is 0 Å². The molecule has 4 aromatic rings. The highest BCUT2D eigenvalue weighted by Gasteiger charge is 2.15. The third-order valence-corrected chi connectivity index (χ3v) is 6.84. The van der Waals surface area contributed by atoms with E-state index >= 15 is 0 Å². The van der Waals surface area contributed by atoms with E-state index in [0.29, 0.717) is 16.9 Å². The highest BCUT2D eigenvalue weighted by Crippen LogP contribution is 2.24. The summed E-state index contributed by atoms with van der Waals surface area (Å²) in [6.07, 6.45) is 1.06. The first kappa shape index (κ1) is 20.0. The molecule has 30 heavy (non-hydrogen) atoms. The van der Waals surface area contributed by atoms with E-state index in [-0.39, 0.29) is 9.92 Å². The summed E-state index contributed by atoms with van der Waals surface area (Å²) in [6, 6.07) is 22.0. The molecule has 4 rings (SSSR count). The molecular weight excluding hydrogens is 422 g/mol. The van der Waals surface area contributed by atoms with Crippen LogP contribution in [0.5, 0.6) is 0 Å². The summed E-state index contributed by atoms with van der Waals surface area (Å²) in [6.45, 7) is 0. The molecule has 3 aromatic carbocycles. The predicted molar refractivity (Wildman–Crippen MR) is 115 cm³/mol. The molecule has 9 heteroatoms. The molecule has 0 aliphatic rings. The number of hydrogen-bond donors (Lipinski definition) is 1. The van der Waals surface area contributed by atoms with Crippen molar-refractivity contribution in [3.8, 4) is 11.3 Å². The van der Waals surface area contributed by atoms with Gasteiger partial charge in [0.15, 0.2) is 14.9 Å². The Morgan fingerprint density at radius 2 is 1.43 bits per heavy atom. The van der Waals surface area contributed by atoms with Gasteiger partial charge < -0.3 is 0 Å². The topological polar surface area (TPSA) is 106 Å². The first-order valence-corrected chi connectivity index (χ1v) is 12.3. The molecular formula is C21H17N3O4S2. The zero-order valence-corrected chi connectivity index (χ0v) is 17.5. The van der Waals surface area contributed by atoms with Crippen molar-refractivity contribution in [3.05, 3.63) is 78.9 Å². The van der Waals surface area contributed by atoms with Crippen LogP contribution in [-0.4, -0.2) is 33.3 Å². The van der Waals surface area contributed by atoms with E-state index in [4.69, 9.17) is 0 Å². The molecule has 1 aromatic heterocycles. The van der Waals surface area contributed by atoms with Crippen molar-refractivity contribution in [2.75, 3.05) is 11.0 Å². The number of nitrogens with one attached hydrogen (secondary N) is 1. The van der Waals surface area contributed by atoms with Crippen molar-refractivity contribution >= 4 is 36.3 Å². The van der Waals surface area contributed by atoms with Gasteiger partial charge in [0.1, 0.15) is 0 Å². The maximum absolute atomic E-state index is 12.7. The largest absolute Gasteiger partial charge is 0.280 e. The second-order valence-electron chi connectivity index (χ2n) is 6.72. The Kier molecular flexibility index (Phi) is 5.00. The minimum absolute atomic E-state index is 0.106. The van der Waals surface area contributed by atoms with E-state index < -0.39 is 19.9 Å². The lowest BCUT2D eigenvalue weighted by Crippen LogP contribution is -2.12. The fourth-order valence-electron chi connectivity index (χ4n) is 2.93. The lowest BCUT2D eigenvalue weighted by Gasteiger charge is -2.10. The van der Waals surface area contributed by atoms with Crippen LogP contribution in [-0.2, 0) is 19.9 Å². The molecule has 0 saturated heterocycles. The van der Waals surface area contributed by atoms with Gasteiger partial charge in [0, 0.05) is 17.5 Å². The second-order valence-corrected chi connectivity index (χ2v) is 10.4. The van der Waals surface area contributed by atoms with Gasteiger partial charge in [-0.3, -0.25) is 4.72 Å². The smallest absolute Gasteiger partial charge is 0.261 e. The van der Waals surface area contributed by atoms with Crippen LogP contribution in [0.3, 0.4) is 0 Å². The third kappa shape index (κ3) is 4.17. The maximum Gasteiger partial charge on any atom is 0.261 e. The van der Waals surface area contributed by atoms with E-state index in [0.717, 1.165) is 17.0 Å². The van der Waals surface area contributed by atoms with Gasteiger partial charge >= 0.3 is 0 Å². The Morgan fingerprint density at radius 3 is 2.07 bits per heavy atom. The number of rotatable bonds is 5. The molecule has 0 radical (unpaired) electrons. The minimum atomic E-state index is -3.75. The molecule has 0 atom stereocenters. The monoisotopic (exact) mass is 439 g/mol. The van der Waals surface area contributed by atoms with Crippen LogP contribution in [0.25, 0.3) is 22.0 Å². The van der Waals surface area contributed by atoms with E-state index in [9.17, 15) is 16.8 Å². The van der Waals surface area contributed by atoms with E-state index in [1.54, 1.807) is 48.5 Å². The standard InChI is InChI=1S/C21H17N3O4S2/c1-29(25,26)21-13-12-20(22-23-21)16-6-9-18(10-7-16)24-30(27,28)19-11-8-15-4-2-3-5-17(15)14-19/h2-14,24H,1H3. The van der Waals surface area contributed by atoms with Gasteiger partial charge in [-0.15, -0.1) is 10.2 Å².